The van der Waals surface area contributed by atoms with Crippen LogP contribution in [0, 0.1) is 5.92 Å². The van der Waals surface area contributed by atoms with Gasteiger partial charge in [0.2, 0.25) is 5.88 Å². The van der Waals surface area contributed by atoms with E-state index in [0.717, 1.165) is 28.8 Å². The highest BCUT2D eigenvalue weighted by molar-refractivity contribution is 7.87. The van der Waals surface area contributed by atoms with Gasteiger partial charge in [-0.25, -0.2) is 9.73 Å². The molecule has 0 unspecified atom stereocenters. The number of nitrogens with zero attached hydrogens (tertiary/aromatic N) is 5. The number of benzene rings is 3. The minimum atomic E-state index is -2.61. The minimum Gasteiger partial charge on any atom is -0.476 e. The molecule has 0 amide bonds. The predicted molar refractivity (Wildman–Crippen MR) is 161 cm³/mol. The van der Waals surface area contributed by atoms with Crippen LogP contribution in [0.25, 0.3) is 11.2 Å². The molecule has 0 bridgehead atoms. The summed E-state index contributed by atoms with van der Waals surface area (Å²) in [7, 11) is -2.61. The van der Waals surface area contributed by atoms with Gasteiger partial charge >= 0.3 is 0 Å². The van der Waals surface area contributed by atoms with Gasteiger partial charge in [0.25, 0.3) is 5.95 Å². The van der Waals surface area contributed by atoms with Crippen molar-refractivity contribution in [3.8, 4) is 5.88 Å². The first kappa shape index (κ1) is 27.7. The average Bonchev–Trinajstić information content (AvgIpc) is 3.42. The summed E-state index contributed by atoms with van der Waals surface area (Å²) < 4.78 is 13.4. The predicted octanol–water partition coefficient (Wildman–Crippen LogP) is 4.42. The maximum Gasteiger partial charge on any atom is 0.254 e. The maximum atomic E-state index is 9.72. The molecule has 206 valence electrons. The second kappa shape index (κ2) is 13.0. The molecule has 0 spiro atoms. The molecule has 0 saturated heterocycles. The highest BCUT2D eigenvalue weighted by atomic mass is 31.2. The number of hydrogen-bond donors (Lipinski definition) is 2. The van der Waals surface area contributed by atoms with Crippen LogP contribution >= 0.6 is 7.05 Å². The van der Waals surface area contributed by atoms with E-state index >= 15 is 0 Å². The lowest BCUT2D eigenvalue weighted by Crippen LogP contribution is -2.25. The zero-order valence-electron chi connectivity index (χ0n) is 22.5. The Balaban J connectivity index is 1.81. The standard InChI is InChI=1S/C31H34N5O3P/c1-2-3-19-39-30-28-29(36(23-32-28)20-24(21-37)22-38)33-31(34-30)35-40(25-13-7-4-8-14-25,26-15-9-5-10-16-26)27-17-11-6-12-18-27/h4-18,23-24,37-38H,2-3,19-22H2,1H3. The van der Waals surface area contributed by atoms with Crippen LogP contribution < -0.4 is 20.7 Å². The lowest BCUT2D eigenvalue weighted by molar-refractivity contribution is 0.138. The second-order valence-corrected chi connectivity index (χ2v) is 12.6. The molecule has 8 nitrogen and oxygen atoms in total. The van der Waals surface area contributed by atoms with Crippen LogP contribution in [0.1, 0.15) is 19.8 Å². The van der Waals surface area contributed by atoms with Crippen molar-refractivity contribution < 1.29 is 14.9 Å². The van der Waals surface area contributed by atoms with Crippen molar-refractivity contribution >= 4 is 40.1 Å². The van der Waals surface area contributed by atoms with Crippen molar-refractivity contribution in [1.82, 2.24) is 19.5 Å². The molecule has 2 heterocycles. The van der Waals surface area contributed by atoms with Crippen molar-refractivity contribution in [1.29, 1.82) is 0 Å². The second-order valence-electron chi connectivity index (χ2n) is 9.57. The smallest absolute Gasteiger partial charge is 0.254 e. The van der Waals surface area contributed by atoms with E-state index in [1.54, 1.807) is 6.33 Å². The van der Waals surface area contributed by atoms with Crippen LogP contribution in [-0.2, 0) is 6.54 Å². The maximum absolute atomic E-state index is 9.72. The van der Waals surface area contributed by atoms with Gasteiger partial charge in [-0.2, -0.15) is 9.97 Å². The minimum absolute atomic E-state index is 0.150. The number of aliphatic hydroxyl groups is 2. The molecule has 3 aromatic carbocycles. The van der Waals surface area contributed by atoms with Gasteiger partial charge in [0.05, 0.1) is 20.0 Å². The molecule has 0 aliphatic rings. The zero-order valence-corrected chi connectivity index (χ0v) is 23.4. The molecule has 9 heteroatoms. The quantitative estimate of drug-likeness (QED) is 0.175. The van der Waals surface area contributed by atoms with Gasteiger partial charge in [-0.15, -0.1) is 0 Å². The Hall–Kier alpha value is -3.84. The molecule has 5 aromatic rings. The van der Waals surface area contributed by atoms with Crippen molar-refractivity contribution in [2.24, 2.45) is 10.7 Å². The number of rotatable bonds is 12. The van der Waals surface area contributed by atoms with Crippen molar-refractivity contribution in [2.45, 2.75) is 26.3 Å². The van der Waals surface area contributed by atoms with Crippen LogP contribution in [0.3, 0.4) is 0 Å². The lowest BCUT2D eigenvalue weighted by atomic mass is 10.2. The number of hydrogen-bond acceptors (Lipinski definition) is 7. The summed E-state index contributed by atoms with van der Waals surface area (Å²) in [6, 6.07) is 30.9. The van der Waals surface area contributed by atoms with Gasteiger partial charge in [-0.05, 0) is 6.42 Å². The largest absolute Gasteiger partial charge is 0.476 e. The summed E-state index contributed by atoms with van der Waals surface area (Å²) in [6.07, 6.45) is 3.52. The number of unbranched alkanes of at least 4 members (excludes halogenated alkanes) is 1. The molecule has 0 radical (unpaired) electrons. The topological polar surface area (TPSA) is 106 Å². The Morgan fingerprint density at radius 2 is 1.38 bits per heavy atom. The molecule has 0 aliphatic heterocycles. The normalized spacial score (nSPS) is 11.7. The van der Waals surface area contributed by atoms with Gasteiger partial charge in [-0.3, -0.25) is 0 Å². The number of fused-ring (bicyclic) bond motifs is 1. The summed E-state index contributed by atoms with van der Waals surface area (Å²) in [5.74, 6) is 0.338. The highest BCUT2D eigenvalue weighted by Gasteiger charge is 2.28. The lowest BCUT2D eigenvalue weighted by Gasteiger charge is -2.26. The van der Waals surface area contributed by atoms with Gasteiger partial charge in [0.15, 0.2) is 11.2 Å². The monoisotopic (exact) mass is 555 g/mol. The van der Waals surface area contributed by atoms with E-state index in [9.17, 15) is 10.2 Å². The average molecular weight is 556 g/mol. The summed E-state index contributed by atoms with van der Waals surface area (Å²) >= 11 is 0. The molecule has 0 atom stereocenters. The van der Waals surface area contributed by atoms with E-state index < -0.39 is 7.05 Å². The van der Waals surface area contributed by atoms with E-state index in [-0.39, 0.29) is 19.1 Å². The first-order valence-electron chi connectivity index (χ1n) is 13.6. The fourth-order valence-corrected chi connectivity index (χ4v) is 8.05. The number of ether oxygens (including phenoxy) is 1. The molecule has 5 rings (SSSR count). The highest BCUT2D eigenvalue weighted by Crippen LogP contribution is 2.48. The summed E-state index contributed by atoms with van der Waals surface area (Å²) in [4.78, 5) is 14.3. The van der Waals surface area contributed by atoms with Crippen molar-refractivity contribution in [3.05, 3.63) is 97.3 Å². The van der Waals surface area contributed by atoms with E-state index in [2.05, 4.69) is 48.3 Å². The summed E-state index contributed by atoms with van der Waals surface area (Å²) in [5, 5.41) is 22.7. The molecule has 0 saturated carbocycles. The summed E-state index contributed by atoms with van der Waals surface area (Å²) in [6.45, 7) is 2.66. The Morgan fingerprint density at radius 3 is 1.88 bits per heavy atom. The molecule has 0 aliphatic carbocycles. The third kappa shape index (κ3) is 5.70. The van der Waals surface area contributed by atoms with E-state index in [0.29, 0.717) is 36.1 Å². The van der Waals surface area contributed by atoms with Crippen LogP contribution in [-0.4, -0.2) is 49.6 Å². The van der Waals surface area contributed by atoms with Crippen LogP contribution in [0.4, 0.5) is 5.95 Å². The van der Waals surface area contributed by atoms with Crippen LogP contribution in [0.15, 0.2) is 102 Å². The van der Waals surface area contributed by atoms with E-state index in [1.165, 1.54) is 0 Å². The van der Waals surface area contributed by atoms with E-state index in [1.807, 2.05) is 59.2 Å². The van der Waals surface area contributed by atoms with Gasteiger partial charge in [-0.1, -0.05) is 104 Å². The van der Waals surface area contributed by atoms with Crippen LogP contribution in [0.2, 0.25) is 0 Å². The number of aromatic nitrogens is 4. The number of imidazole rings is 1. The first-order chi connectivity index (χ1) is 19.7. The molecule has 40 heavy (non-hydrogen) atoms. The molecule has 2 N–H and O–H groups in total. The van der Waals surface area contributed by atoms with Gasteiger partial charge in [0, 0.05) is 41.6 Å². The first-order valence-corrected chi connectivity index (χ1v) is 15.3. The molecular formula is C31H34N5O3P. The Morgan fingerprint density at radius 1 is 0.825 bits per heavy atom. The van der Waals surface area contributed by atoms with Gasteiger partial charge in [0.1, 0.15) is 0 Å². The SMILES string of the molecule is CCCCOc1nc(N=P(c2ccccc2)(c2ccccc2)c2ccccc2)nc2c1ncn2CC(CO)CO. The van der Waals surface area contributed by atoms with Crippen LogP contribution in [0.5, 0.6) is 5.88 Å². The Kier molecular flexibility index (Phi) is 9.01. The Bertz CT molecular complexity index is 1470. The summed E-state index contributed by atoms with van der Waals surface area (Å²) in [5.41, 5.74) is 1.09. The zero-order chi connectivity index (χ0) is 27.8. The third-order valence-electron chi connectivity index (χ3n) is 6.76. The van der Waals surface area contributed by atoms with Crippen molar-refractivity contribution in [2.75, 3.05) is 19.8 Å². The molecular weight excluding hydrogens is 521 g/mol. The van der Waals surface area contributed by atoms with Gasteiger partial charge < -0.3 is 19.5 Å². The fourth-order valence-electron chi connectivity index (χ4n) is 4.64. The van der Waals surface area contributed by atoms with Crippen molar-refractivity contribution in [3.63, 3.8) is 0 Å². The molecule has 2 aromatic heterocycles. The molecule has 0 fully saturated rings. The van der Waals surface area contributed by atoms with E-state index in [4.69, 9.17) is 19.4 Å². The number of aliphatic hydroxyl groups excluding tert-OH is 2. The fraction of sp³-hybridized carbons (Fsp3) is 0.258. The Labute approximate surface area is 234 Å². The third-order valence-corrected chi connectivity index (χ3v) is 10.4.